The van der Waals surface area contributed by atoms with Crippen LogP contribution in [-0.4, -0.2) is 24.3 Å². The van der Waals surface area contributed by atoms with Crippen molar-refractivity contribution in [1.82, 2.24) is 10.6 Å². The molecule has 130 valence electrons. The van der Waals surface area contributed by atoms with E-state index in [1.807, 2.05) is 25.1 Å². The number of hydrogen-bond donors (Lipinski definition) is 3. The van der Waals surface area contributed by atoms with Crippen molar-refractivity contribution < 1.29 is 14.4 Å². The number of primary amides is 1. The Labute approximate surface area is 146 Å². The molecule has 2 aromatic carbocycles. The Bertz CT molecular complexity index is 760. The Balaban J connectivity index is 1.86. The summed E-state index contributed by atoms with van der Waals surface area (Å²) in [4.78, 5) is 35.7. The second-order valence-corrected chi connectivity index (χ2v) is 5.63. The highest BCUT2D eigenvalue weighted by molar-refractivity contribution is 5.95. The summed E-state index contributed by atoms with van der Waals surface area (Å²) in [5, 5.41) is 5.29. The Morgan fingerprint density at radius 1 is 1.00 bits per heavy atom. The van der Waals surface area contributed by atoms with Gasteiger partial charge in [0.15, 0.2) is 0 Å². The minimum atomic E-state index is -0.888. The van der Waals surface area contributed by atoms with Gasteiger partial charge in [0, 0.05) is 18.5 Å². The van der Waals surface area contributed by atoms with E-state index in [2.05, 4.69) is 10.6 Å². The van der Waals surface area contributed by atoms with Gasteiger partial charge < -0.3 is 16.4 Å². The minimum absolute atomic E-state index is 0.0498. The Hall–Kier alpha value is -3.15. The van der Waals surface area contributed by atoms with Crippen LogP contribution in [0.25, 0.3) is 0 Å². The van der Waals surface area contributed by atoms with Crippen LogP contribution < -0.4 is 16.4 Å². The van der Waals surface area contributed by atoms with Crippen molar-refractivity contribution in [2.75, 3.05) is 6.54 Å². The number of rotatable bonds is 7. The summed E-state index contributed by atoms with van der Waals surface area (Å²) in [5.74, 6) is -1.23. The zero-order valence-electron chi connectivity index (χ0n) is 14.0. The molecule has 0 aliphatic rings. The van der Waals surface area contributed by atoms with Gasteiger partial charge in [-0.2, -0.15) is 0 Å². The van der Waals surface area contributed by atoms with Crippen LogP contribution in [0.15, 0.2) is 54.6 Å². The van der Waals surface area contributed by atoms with E-state index in [1.165, 1.54) is 0 Å². The van der Waals surface area contributed by atoms with Crippen LogP contribution in [0.3, 0.4) is 0 Å². The number of benzene rings is 2. The largest absolute Gasteiger partial charge is 0.368 e. The Morgan fingerprint density at radius 2 is 1.64 bits per heavy atom. The molecule has 0 fully saturated rings. The highest BCUT2D eigenvalue weighted by Crippen LogP contribution is 2.12. The van der Waals surface area contributed by atoms with Gasteiger partial charge in [0.1, 0.15) is 6.04 Å². The number of hydrogen-bond acceptors (Lipinski definition) is 3. The van der Waals surface area contributed by atoms with Crippen molar-refractivity contribution in [3.8, 4) is 0 Å². The lowest BCUT2D eigenvalue weighted by Crippen LogP contribution is -2.39. The van der Waals surface area contributed by atoms with E-state index < -0.39 is 11.9 Å². The number of carbonyl (C=O) groups excluding carboxylic acids is 3. The third kappa shape index (κ3) is 5.17. The molecule has 1 unspecified atom stereocenters. The SMILES string of the molecule is Cc1ccccc1C(=O)NCCC(=O)NC(C(N)=O)c1ccccc1. The number of carbonyl (C=O) groups is 3. The highest BCUT2D eigenvalue weighted by Gasteiger charge is 2.19. The van der Waals surface area contributed by atoms with Crippen molar-refractivity contribution in [1.29, 1.82) is 0 Å². The summed E-state index contributed by atoms with van der Waals surface area (Å²) >= 11 is 0. The number of aryl methyl sites for hydroxylation is 1. The molecule has 0 radical (unpaired) electrons. The average molecular weight is 339 g/mol. The maximum absolute atomic E-state index is 12.1. The van der Waals surface area contributed by atoms with Crippen LogP contribution in [-0.2, 0) is 9.59 Å². The van der Waals surface area contributed by atoms with Crippen LogP contribution in [0.1, 0.15) is 33.9 Å². The highest BCUT2D eigenvalue weighted by atomic mass is 16.2. The predicted octanol–water partition coefficient (Wildman–Crippen LogP) is 1.46. The minimum Gasteiger partial charge on any atom is -0.368 e. The van der Waals surface area contributed by atoms with Crippen LogP contribution in [0.5, 0.6) is 0 Å². The fraction of sp³-hybridized carbons (Fsp3) is 0.211. The van der Waals surface area contributed by atoms with E-state index in [0.29, 0.717) is 11.1 Å². The summed E-state index contributed by atoms with van der Waals surface area (Å²) in [5.41, 5.74) is 7.42. The molecule has 0 bridgehead atoms. The zero-order valence-corrected chi connectivity index (χ0v) is 14.0. The molecule has 25 heavy (non-hydrogen) atoms. The molecule has 3 amide bonds. The van der Waals surface area contributed by atoms with Crippen molar-refractivity contribution >= 4 is 17.7 Å². The van der Waals surface area contributed by atoms with Gasteiger partial charge in [-0.15, -0.1) is 0 Å². The van der Waals surface area contributed by atoms with Gasteiger partial charge >= 0.3 is 0 Å². The first kappa shape index (κ1) is 18.2. The smallest absolute Gasteiger partial charge is 0.251 e. The molecular weight excluding hydrogens is 318 g/mol. The third-order valence-corrected chi connectivity index (χ3v) is 3.75. The zero-order chi connectivity index (χ0) is 18.2. The molecule has 0 saturated heterocycles. The van der Waals surface area contributed by atoms with E-state index in [4.69, 9.17) is 5.73 Å². The van der Waals surface area contributed by atoms with Crippen LogP contribution in [0.2, 0.25) is 0 Å². The quantitative estimate of drug-likeness (QED) is 0.712. The molecule has 0 saturated carbocycles. The topological polar surface area (TPSA) is 101 Å². The normalized spacial score (nSPS) is 11.4. The van der Waals surface area contributed by atoms with Crippen molar-refractivity contribution in [2.45, 2.75) is 19.4 Å². The van der Waals surface area contributed by atoms with Gasteiger partial charge in [-0.1, -0.05) is 48.5 Å². The third-order valence-electron chi connectivity index (χ3n) is 3.75. The lowest BCUT2D eigenvalue weighted by molar-refractivity contribution is -0.127. The predicted molar refractivity (Wildman–Crippen MR) is 94.6 cm³/mol. The van der Waals surface area contributed by atoms with Gasteiger partial charge in [-0.05, 0) is 24.1 Å². The van der Waals surface area contributed by atoms with E-state index in [-0.39, 0.29) is 24.8 Å². The van der Waals surface area contributed by atoms with E-state index in [0.717, 1.165) is 5.56 Å². The second kappa shape index (κ2) is 8.63. The molecule has 2 aromatic rings. The first-order valence-electron chi connectivity index (χ1n) is 7.96. The molecule has 0 heterocycles. The van der Waals surface area contributed by atoms with E-state index >= 15 is 0 Å². The first-order valence-corrected chi connectivity index (χ1v) is 7.96. The van der Waals surface area contributed by atoms with Gasteiger partial charge in [0.2, 0.25) is 11.8 Å². The Morgan fingerprint density at radius 3 is 2.28 bits per heavy atom. The van der Waals surface area contributed by atoms with Gasteiger partial charge in [-0.25, -0.2) is 0 Å². The summed E-state index contributed by atoms with van der Waals surface area (Å²) in [6, 6.07) is 15.1. The molecule has 6 nitrogen and oxygen atoms in total. The summed E-state index contributed by atoms with van der Waals surface area (Å²) in [6.45, 7) is 2.01. The molecule has 0 aliphatic heterocycles. The Kier molecular flexibility index (Phi) is 6.28. The summed E-state index contributed by atoms with van der Waals surface area (Å²) in [7, 11) is 0. The van der Waals surface area contributed by atoms with Crippen LogP contribution in [0.4, 0.5) is 0 Å². The molecule has 0 aliphatic carbocycles. The van der Waals surface area contributed by atoms with Crippen LogP contribution >= 0.6 is 0 Å². The lowest BCUT2D eigenvalue weighted by Gasteiger charge is -2.16. The number of nitrogens with two attached hydrogens (primary N) is 1. The fourth-order valence-electron chi connectivity index (χ4n) is 2.41. The number of nitrogens with one attached hydrogen (secondary N) is 2. The second-order valence-electron chi connectivity index (χ2n) is 5.63. The van der Waals surface area contributed by atoms with Gasteiger partial charge in [-0.3, -0.25) is 14.4 Å². The molecule has 1 atom stereocenters. The molecular formula is C19H21N3O3. The van der Waals surface area contributed by atoms with Crippen molar-refractivity contribution in [2.24, 2.45) is 5.73 Å². The number of amides is 3. The monoisotopic (exact) mass is 339 g/mol. The maximum Gasteiger partial charge on any atom is 0.251 e. The fourth-order valence-corrected chi connectivity index (χ4v) is 2.41. The van der Waals surface area contributed by atoms with Crippen molar-refractivity contribution in [3.63, 3.8) is 0 Å². The van der Waals surface area contributed by atoms with E-state index in [9.17, 15) is 14.4 Å². The first-order chi connectivity index (χ1) is 12.0. The standard InChI is InChI=1S/C19H21N3O3/c1-13-7-5-6-10-15(13)19(25)21-12-11-16(23)22-17(18(20)24)14-8-3-2-4-9-14/h2-10,17H,11-12H2,1H3,(H2,20,24)(H,21,25)(H,22,23). The van der Waals surface area contributed by atoms with Crippen molar-refractivity contribution in [3.05, 3.63) is 71.3 Å². The molecule has 0 spiro atoms. The molecule has 6 heteroatoms. The van der Waals surface area contributed by atoms with Crippen LogP contribution in [0, 0.1) is 6.92 Å². The average Bonchev–Trinajstić information content (AvgIpc) is 2.60. The molecule has 2 rings (SSSR count). The summed E-state index contributed by atoms with van der Waals surface area (Å²) in [6.07, 6.45) is 0.0498. The summed E-state index contributed by atoms with van der Waals surface area (Å²) < 4.78 is 0. The lowest BCUT2D eigenvalue weighted by atomic mass is 10.1. The molecule has 0 aromatic heterocycles. The molecule has 4 N–H and O–H groups in total. The van der Waals surface area contributed by atoms with Gasteiger partial charge in [0.25, 0.3) is 5.91 Å². The van der Waals surface area contributed by atoms with Gasteiger partial charge in [0.05, 0.1) is 0 Å². The van der Waals surface area contributed by atoms with E-state index in [1.54, 1.807) is 36.4 Å². The maximum atomic E-state index is 12.1.